The zero-order valence-corrected chi connectivity index (χ0v) is 13.9. The van der Waals surface area contributed by atoms with Gasteiger partial charge in [0.25, 0.3) is 5.69 Å². The molecule has 2 aromatic rings. The number of hydrogen-bond donors (Lipinski definition) is 1. The molecule has 110 valence electrons. The van der Waals surface area contributed by atoms with Crippen molar-refractivity contribution >= 4 is 28.3 Å². The summed E-state index contributed by atoms with van der Waals surface area (Å²) in [6.07, 6.45) is 0.811. The first-order valence-corrected chi connectivity index (χ1v) is 7.90. The molecule has 0 aromatic heterocycles. The summed E-state index contributed by atoms with van der Waals surface area (Å²) in [6, 6.07) is 15.4. The van der Waals surface area contributed by atoms with Crippen LogP contribution in [0.2, 0.25) is 0 Å². The summed E-state index contributed by atoms with van der Waals surface area (Å²) in [4.78, 5) is 10.3. The molecule has 0 spiro atoms. The number of halogens is 1. The molecular weight excluding hydrogens is 379 g/mol. The monoisotopic (exact) mass is 396 g/mol. The maximum atomic E-state index is 10.7. The van der Waals surface area contributed by atoms with Crippen LogP contribution in [-0.2, 0) is 6.42 Å². The van der Waals surface area contributed by atoms with E-state index in [9.17, 15) is 10.1 Å². The molecule has 0 saturated heterocycles. The summed E-state index contributed by atoms with van der Waals surface area (Å²) < 4.78 is 1.21. The van der Waals surface area contributed by atoms with E-state index in [4.69, 9.17) is 0 Å². The van der Waals surface area contributed by atoms with Gasteiger partial charge >= 0.3 is 0 Å². The number of nitro benzene ring substituents is 1. The van der Waals surface area contributed by atoms with Gasteiger partial charge in [-0.25, -0.2) is 0 Å². The van der Waals surface area contributed by atoms with Gasteiger partial charge in [0.2, 0.25) is 0 Å². The summed E-state index contributed by atoms with van der Waals surface area (Å²) in [5, 5.41) is 14.2. The summed E-state index contributed by atoms with van der Waals surface area (Å²) in [6.45, 7) is 2.96. The Morgan fingerprint density at radius 2 is 1.95 bits per heavy atom. The second-order valence-electron chi connectivity index (χ2n) is 4.79. The number of hydrogen-bond acceptors (Lipinski definition) is 3. The molecule has 1 unspecified atom stereocenters. The molecule has 0 aliphatic rings. The Bertz CT molecular complexity index is 614. The van der Waals surface area contributed by atoms with Gasteiger partial charge in [0.05, 0.1) is 4.92 Å². The van der Waals surface area contributed by atoms with Gasteiger partial charge in [-0.05, 0) is 58.8 Å². The lowest BCUT2D eigenvalue weighted by Gasteiger charge is -2.19. The van der Waals surface area contributed by atoms with Crippen molar-refractivity contribution in [1.29, 1.82) is 0 Å². The molecule has 21 heavy (non-hydrogen) atoms. The van der Waals surface area contributed by atoms with Crippen LogP contribution >= 0.6 is 22.6 Å². The van der Waals surface area contributed by atoms with E-state index < -0.39 is 0 Å². The van der Waals surface area contributed by atoms with Crippen molar-refractivity contribution in [3.8, 4) is 0 Å². The van der Waals surface area contributed by atoms with Crippen LogP contribution in [0.5, 0.6) is 0 Å². The fraction of sp³-hybridized carbons (Fsp3) is 0.250. The zero-order chi connectivity index (χ0) is 15.2. The Hall–Kier alpha value is -1.47. The van der Waals surface area contributed by atoms with Crippen LogP contribution in [0, 0.1) is 13.7 Å². The summed E-state index contributed by atoms with van der Waals surface area (Å²) in [5.41, 5.74) is 2.46. The van der Waals surface area contributed by atoms with Gasteiger partial charge in [0, 0.05) is 21.7 Å². The summed E-state index contributed by atoms with van der Waals surface area (Å²) in [5.74, 6) is 0. The lowest BCUT2D eigenvalue weighted by molar-refractivity contribution is -0.384. The van der Waals surface area contributed by atoms with Crippen LogP contribution in [0.15, 0.2) is 48.5 Å². The predicted octanol–water partition coefficient (Wildman–Crippen LogP) is 4.09. The van der Waals surface area contributed by atoms with Crippen molar-refractivity contribution in [2.45, 2.75) is 19.4 Å². The first-order chi connectivity index (χ1) is 10.1. The fourth-order valence-electron chi connectivity index (χ4n) is 2.27. The molecule has 4 nitrogen and oxygen atoms in total. The Labute approximate surface area is 137 Å². The molecule has 0 bridgehead atoms. The van der Waals surface area contributed by atoms with Crippen LogP contribution in [-0.4, -0.2) is 11.5 Å². The molecule has 1 atom stereocenters. The summed E-state index contributed by atoms with van der Waals surface area (Å²) >= 11 is 2.31. The topological polar surface area (TPSA) is 55.2 Å². The minimum atomic E-state index is -0.370. The second-order valence-corrected chi connectivity index (χ2v) is 6.04. The number of rotatable bonds is 6. The molecule has 0 aliphatic carbocycles. The highest BCUT2D eigenvalue weighted by molar-refractivity contribution is 14.1. The van der Waals surface area contributed by atoms with Gasteiger partial charge in [-0.15, -0.1) is 0 Å². The van der Waals surface area contributed by atoms with E-state index in [-0.39, 0.29) is 16.7 Å². The molecule has 0 amide bonds. The standard InChI is InChI=1S/C16H17IN2O2/c1-2-18-16(13-4-3-5-14(17)11-13)10-12-6-8-15(9-7-12)19(20)21/h3-9,11,16,18H,2,10H2,1H3. The van der Waals surface area contributed by atoms with E-state index in [2.05, 4.69) is 59.1 Å². The minimum absolute atomic E-state index is 0.132. The highest BCUT2D eigenvalue weighted by atomic mass is 127. The highest BCUT2D eigenvalue weighted by Gasteiger charge is 2.12. The van der Waals surface area contributed by atoms with E-state index in [1.807, 2.05) is 12.1 Å². The first-order valence-electron chi connectivity index (χ1n) is 6.82. The largest absolute Gasteiger partial charge is 0.310 e. The van der Waals surface area contributed by atoms with Crippen molar-refractivity contribution in [3.05, 3.63) is 73.3 Å². The number of benzene rings is 2. The Balaban J connectivity index is 2.17. The summed E-state index contributed by atoms with van der Waals surface area (Å²) in [7, 11) is 0. The van der Waals surface area contributed by atoms with Gasteiger partial charge in [-0.2, -0.15) is 0 Å². The van der Waals surface area contributed by atoms with Crippen molar-refractivity contribution < 1.29 is 4.92 Å². The van der Waals surface area contributed by atoms with Crippen LogP contribution in [0.3, 0.4) is 0 Å². The van der Waals surface area contributed by atoms with Crippen molar-refractivity contribution in [1.82, 2.24) is 5.32 Å². The Morgan fingerprint density at radius 1 is 1.24 bits per heavy atom. The lowest BCUT2D eigenvalue weighted by atomic mass is 9.98. The van der Waals surface area contributed by atoms with E-state index in [0.717, 1.165) is 18.5 Å². The van der Waals surface area contributed by atoms with Crippen LogP contribution in [0.4, 0.5) is 5.69 Å². The molecular formula is C16H17IN2O2. The third kappa shape index (κ3) is 4.50. The van der Waals surface area contributed by atoms with E-state index in [1.165, 1.54) is 9.13 Å². The third-order valence-corrected chi connectivity index (χ3v) is 3.96. The normalized spacial score (nSPS) is 12.1. The number of non-ortho nitro benzene ring substituents is 1. The van der Waals surface area contributed by atoms with Crippen LogP contribution in [0.25, 0.3) is 0 Å². The molecule has 2 aromatic carbocycles. The maximum absolute atomic E-state index is 10.7. The average Bonchev–Trinajstić information content (AvgIpc) is 2.47. The molecule has 0 saturated carbocycles. The van der Waals surface area contributed by atoms with Gasteiger partial charge in [-0.1, -0.05) is 31.2 Å². The Morgan fingerprint density at radius 3 is 2.52 bits per heavy atom. The van der Waals surface area contributed by atoms with Crippen molar-refractivity contribution in [2.75, 3.05) is 6.54 Å². The van der Waals surface area contributed by atoms with E-state index in [1.54, 1.807) is 12.1 Å². The second kappa shape index (κ2) is 7.51. The maximum Gasteiger partial charge on any atom is 0.269 e. The molecule has 0 radical (unpaired) electrons. The zero-order valence-electron chi connectivity index (χ0n) is 11.8. The predicted molar refractivity (Wildman–Crippen MR) is 92.4 cm³/mol. The number of nitro groups is 1. The first kappa shape index (κ1) is 15.9. The van der Waals surface area contributed by atoms with Crippen molar-refractivity contribution in [2.24, 2.45) is 0 Å². The molecule has 0 fully saturated rings. The lowest BCUT2D eigenvalue weighted by Crippen LogP contribution is -2.23. The molecule has 2 rings (SSSR count). The molecule has 0 heterocycles. The van der Waals surface area contributed by atoms with Gasteiger partial charge < -0.3 is 5.32 Å². The Kier molecular flexibility index (Phi) is 5.69. The molecule has 5 heteroatoms. The number of likely N-dealkylation sites (N-methyl/N-ethyl adjacent to an activating group) is 1. The van der Waals surface area contributed by atoms with Gasteiger partial charge in [-0.3, -0.25) is 10.1 Å². The van der Waals surface area contributed by atoms with Crippen LogP contribution < -0.4 is 5.32 Å². The van der Waals surface area contributed by atoms with Gasteiger partial charge in [0.1, 0.15) is 0 Å². The smallest absolute Gasteiger partial charge is 0.269 e. The third-order valence-electron chi connectivity index (χ3n) is 3.29. The number of nitrogens with zero attached hydrogens (tertiary/aromatic N) is 1. The van der Waals surface area contributed by atoms with Crippen LogP contribution in [0.1, 0.15) is 24.1 Å². The van der Waals surface area contributed by atoms with Crippen molar-refractivity contribution in [3.63, 3.8) is 0 Å². The fourth-order valence-corrected chi connectivity index (χ4v) is 2.83. The SMILES string of the molecule is CCNC(Cc1ccc([N+](=O)[O-])cc1)c1cccc(I)c1. The average molecular weight is 396 g/mol. The minimum Gasteiger partial charge on any atom is -0.310 e. The highest BCUT2D eigenvalue weighted by Crippen LogP contribution is 2.21. The van der Waals surface area contributed by atoms with Gasteiger partial charge in [0.15, 0.2) is 0 Å². The van der Waals surface area contributed by atoms with E-state index in [0.29, 0.717) is 0 Å². The van der Waals surface area contributed by atoms with E-state index >= 15 is 0 Å². The number of nitrogens with one attached hydrogen (secondary N) is 1. The molecule has 0 aliphatic heterocycles. The molecule has 1 N–H and O–H groups in total. The quantitative estimate of drug-likeness (QED) is 0.455.